The Hall–Kier alpha value is -1.60. The highest BCUT2D eigenvalue weighted by atomic mass is 17.3. The monoisotopic (exact) mass is 274 g/mol. The van der Waals surface area contributed by atoms with Crippen LogP contribution < -0.4 is 0 Å². The molecule has 0 aromatic carbocycles. The maximum Gasteiger partial charge on any atom is 0.511 e. The Labute approximate surface area is 111 Å². The van der Waals surface area contributed by atoms with Crippen molar-refractivity contribution in [2.75, 3.05) is 0 Å². The molecule has 0 bridgehead atoms. The topological polar surface area (TPSA) is 80.3 Å². The minimum Gasteiger partial charge on any atom is -0.428 e. The maximum atomic E-state index is 11.5. The van der Waals surface area contributed by atoms with Crippen LogP contribution in [0.2, 0.25) is 0 Å². The molecule has 1 heterocycles. The third-order valence-corrected chi connectivity index (χ3v) is 1.97. The van der Waals surface area contributed by atoms with Crippen LogP contribution in [0.15, 0.2) is 12.2 Å². The van der Waals surface area contributed by atoms with E-state index in [-0.39, 0.29) is 5.57 Å². The smallest absolute Gasteiger partial charge is 0.428 e. The van der Waals surface area contributed by atoms with Crippen LogP contribution in [0.1, 0.15) is 34.6 Å². The molecule has 7 heteroatoms. The molecule has 7 nitrogen and oxygen atoms in total. The predicted octanol–water partition coefficient (Wildman–Crippen LogP) is 2.06. The number of carbonyl (C=O) groups is 2. The van der Waals surface area contributed by atoms with Crippen LogP contribution in [0.3, 0.4) is 0 Å². The third-order valence-electron chi connectivity index (χ3n) is 1.97. The van der Waals surface area contributed by atoms with E-state index >= 15 is 0 Å². The van der Waals surface area contributed by atoms with Gasteiger partial charge in [0.2, 0.25) is 0 Å². The van der Waals surface area contributed by atoms with Gasteiger partial charge in [-0.3, -0.25) is 0 Å². The molecule has 1 aliphatic rings. The van der Waals surface area contributed by atoms with Gasteiger partial charge in [0, 0.05) is 12.5 Å². The van der Waals surface area contributed by atoms with Gasteiger partial charge in [0.1, 0.15) is 5.60 Å². The zero-order valence-corrected chi connectivity index (χ0v) is 11.6. The first-order valence-electron chi connectivity index (χ1n) is 5.66. The van der Waals surface area contributed by atoms with E-state index in [1.165, 1.54) is 13.8 Å². The fourth-order valence-corrected chi connectivity index (χ4v) is 1.05. The Balaban J connectivity index is 2.55. The first-order chi connectivity index (χ1) is 8.53. The van der Waals surface area contributed by atoms with Crippen molar-refractivity contribution in [2.24, 2.45) is 0 Å². The molecule has 1 saturated heterocycles. The van der Waals surface area contributed by atoms with E-state index in [1.807, 2.05) is 0 Å². The molecule has 19 heavy (non-hydrogen) atoms. The highest BCUT2D eigenvalue weighted by molar-refractivity contribution is 5.87. The summed E-state index contributed by atoms with van der Waals surface area (Å²) < 4.78 is 14.8. The number of hydrogen-bond donors (Lipinski definition) is 0. The van der Waals surface area contributed by atoms with E-state index < -0.39 is 29.8 Å². The summed E-state index contributed by atoms with van der Waals surface area (Å²) in [6.45, 7) is 11.3. The highest BCUT2D eigenvalue weighted by Gasteiger charge is 2.55. The average molecular weight is 274 g/mol. The summed E-state index contributed by atoms with van der Waals surface area (Å²) in [5.74, 6) is -2.21. The van der Waals surface area contributed by atoms with Crippen LogP contribution in [0.25, 0.3) is 0 Å². The van der Waals surface area contributed by atoms with Crippen molar-refractivity contribution in [1.29, 1.82) is 0 Å². The maximum absolute atomic E-state index is 11.5. The van der Waals surface area contributed by atoms with Crippen molar-refractivity contribution in [2.45, 2.75) is 52.3 Å². The number of rotatable bonds is 3. The average Bonchev–Trinajstić information content (AvgIpc) is 2.20. The van der Waals surface area contributed by atoms with E-state index in [1.54, 1.807) is 20.8 Å². The van der Waals surface area contributed by atoms with Gasteiger partial charge in [-0.1, -0.05) is 6.58 Å². The standard InChI is InChI=1S/C12H18O7/c1-7(2)8(13)15-9-12(6,19-18-9)17-10(14)16-11(3,4)5/h9H,1H2,2-6H3. The lowest BCUT2D eigenvalue weighted by Crippen LogP contribution is -2.59. The molecule has 0 radical (unpaired) electrons. The van der Waals surface area contributed by atoms with Crippen molar-refractivity contribution in [3.05, 3.63) is 12.2 Å². The predicted molar refractivity (Wildman–Crippen MR) is 62.6 cm³/mol. The molecule has 2 unspecified atom stereocenters. The number of esters is 1. The molecule has 0 N–H and O–H groups in total. The lowest BCUT2D eigenvalue weighted by molar-refractivity contribution is -0.595. The minimum absolute atomic E-state index is 0.190. The van der Waals surface area contributed by atoms with E-state index in [2.05, 4.69) is 16.4 Å². The summed E-state index contributed by atoms with van der Waals surface area (Å²) in [6, 6.07) is 0. The molecule has 1 aliphatic heterocycles. The lowest BCUT2D eigenvalue weighted by Gasteiger charge is -2.41. The molecule has 2 atom stereocenters. The summed E-state index contributed by atoms with van der Waals surface area (Å²) in [5, 5.41) is 0. The number of hydrogen-bond acceptors (Lipinski definition) is 7. The summed E-state index contributed by atoms with van der Waals surface area (Å²) in [5.41, 5.74) is -0.516. The van der Waals surface area contributed by atoms with E-state index in [0.29, 0.717) is 0 Å². The van der Waals surface area contributed by atoms with Crippen molar-refractivity contribution < 1.29 is 33.6 Å². The molecular weight excluding hydrogens is 256 g/mol. The number of ether oxygens (including phenoxy) is 3. The van der Waals surface area contributed by atoms with Crippen LogP contribution in [0.4, 0.5) is 4.79 Å². The van der Waals surface area contributed by atoms with Gasteiger partial charge in [-0.15, -0.1) is 0 Å². The van der Waals surface area contributed by atoms with Crippen molar-refractivity contribution in [3.8, 4) is 0 Å². The summed E-state index contributed by atoms with van der Waals surface area (Å²) in [7, 11) is 0. The van der Waals surface area contributed by atoms with E-state index in [9.17, 15) is 9.59 Å². The third kappa shape index (κ3) is 4.22. The van der Waals surface area contributed by atoms with Gasteiger partial charge in [-0.25, -0.2) is 9.59 Å². The van der Waals surface area contributed by atoms with Gasteiger partial charge in [-0.05, 0) is 27.7 Å². The fraction of sp³-hybridized carbons (Fsp3) is 0.667. The Bertz CT molecular complexity index is 395. The molecule has 1 fully saturated rings. The normalized spacial score (nSPS) is 26.1. The second kappa shape index (κ2) is 5.18. The van der Waals surface area contributed by atoms with Crippen molar-refractivity contribution in [1.82, 2.24) is 0 Å². The second-order valence-corrected chi connectivity index (χ2v) is 5.28. The van der Waals surface area contributed by atoms with Gasteiger partial charge in [0.15, 0.2) is 0 Å². The highest BCUT2D eigenvalue weighted by Crippen LogP contribution is 2.33. The lowest BCUT2D eigenvalue weighted by atomic mass is 10.2. The zero-order valence-electron chi connectivity index (χ0n) is 11.6. The van der Waals surface area contributed by atoms with Crippen LogP contribution in [0, 0.1) is 0 Å². The van der Waals surface area contributed by atoms with Gasteiger partial charge in [0.25, 0.3) is 0 Å². The summed E-state index contributed by atoms with van der Waals surface area (Å²) in [4.78, 5) is 32.1. The molecule has 1 rings (SSSR count). The molecule has 0 aromatic rings. The number of carbonyl (C=O) groups excluding carboxylic acids is 2. The molecule has 0 aliphatic carbocycles. The van der Waals surface area contributed by atoms with E-state index in [4.69, 9.17) is 14.2 Å². The summed E-state index contributed by atoms with van der Waals surface area (Å²) in [6.07, 6.45) is -2.11. The first kappa shape index (κ1) is 15.5. The molecule has 0 aromatic heterocycles. The van der Waals surface area contributed by atoms with Gasteiger partial charge in [0.05, 0.1) is 0 Å². The molecular formula is C12H18O7. The largest absolute Gasteiger partial charge is 0.511 e. The van der Waals surface area contributed by atoms with Crippen LogP contribution >= 0.6 is 0 Å². The Kier molecular flexibility index (Phi) is 4.21. The zero-order chi connectivity index (χ0) is 14.8. The summed E-state index contributed by atoms with van der Waals surface area (Å²) >= 11 is 0. The Morgan fingerprint density at radius 1 is 1.32 bits per heavy atom. The van der Waals surface area contributed by atoms with Crippen molar-refractivity contribution in [3.63, 3.8) is 0 Å². The molecule has 0 saturated carbocycles. The Morgan fingerprint density at radius 3 is 2.26 bits per heavy atom. The van der Waals surface area contributed by atoms with Gasteiger partial charge >= 0.3 is 24.2 Å². The molecule has 108 valence electrons. The van der Waals surface area contributed by atoms with Crippen LogP contribution in [-0.2, 0) is 28.8 Å². The Morgan fingerprint density at radius 2 is 1.89 bits per heavy atom. The van der Waals surface area contributed by atoms with Crippen LogP contribution in [-0.4, -0.2) is 29.8 Å². The fourth-order valence-electron chi connectivity index (χ4n) is 1.05. The quantitative estimate of drug-likeness (QED) is 0.442. The second-order valence-electron chi connectivity index (χ2n) is 5.28. The first-order valence-corrected chi connectivity index (χ1v) is 5.66. The molecule has 0 spiro atoms. The van der Waals surface area contributed by atoms with Crippen LogP contribution in [0.5, 0.6) is 0 Å². The molecule has 0 amide bonds. The van der Waals surface area contributed by atoms with Gasteiger partial charge in [-0.2, -0.15) is 9.78 Å². The minimum atomic E-state index is -1.53. The SMILES string of the molecule is C=C(C)C(=O)OC1OOC1(C)OC(=O)OC(C)(C)C. The van der Waals surface area contributed by atoms with E-state index in [0.717, 1.165) is 0 Å². The van der Waals surface area contributed by atoms with Gasteiger partial charge < -0.3 is 14.2 Å². The van der Waals surface area contributed by atoms with Crippen molar-refractivity contribution >= 4 is 12.1 Å².